The summed E-state index contributed by atoms with van der Waals surface area (Å²) in [6.07, 6.45) is 1.55. The van der Waals surface area contributed by atoms with Crippen LogP contribution < -0.4 is 15.8 Å². The van der Waals surface area contributed by atoms with E-state index in [1.165, 1.54) is 18.2 Å². The fourth-order valence-corrected chi connectivity index (χ4v) is 4.41. The van der Waals surface area contributed by atoms with Crippen molar-refractivity contribution in [2.45, 2.75) is 12.8 Å². The van der Waals surface area contributed by atoms with Crippen molar-refractivity contribution in [2.75, 3.05) is 18.0 Å². The second-order valence-corrected chi connectivity index (χ2v) is 8.01. The number of non-ortho nitro benzene ring substituents is 1. The lowest BCUT2D eigenvalue weighted by Gasteiger charge is -2.31. The van der Waals surface area contributed by atoms with Gasteiger partial charge in [0.2, 0.25) is 5.91 Å². The van der Waals surface area contributed by atoms with E-state index in [1.807, 2.05) is 24.3 Å². The summed E-state index contributed by atoms with van der Waals surface area (Å²) in [5, 5.41) is 11.7. The fourth-order valence-electron chi connectivity index (χ4n) is 3.41. The molecule has 2 amide bonds. The molecule has 0 saturated carbocycles. The number of piperidine rings is 1. The highest BCUT2D eigenvalue weighted by Gasteiger charge is 2.28. The molecule has 0 bridgehead atoms. The third-order valence-corrected chi connectivity index (χ3v) is 6.06. The lowest BCUT2D eigenvalue weighted by Crippen LogP contribution is -2.49. The van der Waals surface area contributed by atoms with Gasteiger partial charge < -0.3 is 4.90 Å². The minimum absolute atomic E-state index is 0.101. The van der Waals surface area contributed by atoms with Crippen LogP contribution in [0.3, 0.4) is 0 Å². The predicted molar refractivity (Wildman–Crippen MR) is 113 cm³/mol. The van der Waals surface area contributed by atoms with Crippen LogP contribution in [0, 0.1) is 16.0 Å². The first-order valence-corrected chi connectivity index (χ1v) is 10.3. The van der Waals surface area contributed by atoms with Gasteiger partial charge >= 0.3 is 0 Å². The molecule has 10 heteroatoms. The monoisotopic (exact) mass is 425 g/mol. The summed E-state index contributed by atoms with van der Waals surface area (Å²) in [5.74, 6) is -1.19. The molecule has 2 N–H and O–H groups in total. The molecule has 154 valence electrons. The SMILES string of the molecule is O=C(NNC(=O)C1CCCN(c2nc3ccccc3s2)C1)c1cccc([N+](=O)[O-])c1. The fraction of sp³-hybridized carbons (Fsp3) is 0.250. The van der Waals surface area contributed by atoms with Crippen LogP contribution in [0.15, 0.2) is 48.5 Å². The molecule has 1 fully saturated rings. The van der Waals surface area contributed by atoms with Crippen LogP contribution in [0.1, 0.15) is 23.2 Å². The van der Waals surface area contributed by atoms with E-state index in [1.54, 1.807) is 11.3 Å². The average Bonchev–Trinajstić information content (AvgIpc) is 3.22. The quantitative estimate of drug-likeness (QED) is 0.490. The number of nitrogens with zero attached hydrogens (tertiary/aromatic N) is 3. The number of amides is 2. The van der Waals surface area contributed by atoms with E-state index in [0.717, 1.165) is 34.4 Å². The highest BCUT2D eigenvalue weighted by Crippen LogP contribution is 2.31. The number of fused-ring (bicyclic) bond motifs is 1. The van der Waals surface area contributed by atoms with E-state index in [-0.39, 0.29) is 23.1 Å². The molecule has 1 unspecified atom stereocenters. The minimum Gasteiger partial charge on any atom is -0.347 e. The molecule has 2 aromatic carbocycles. The maximum atomic E-state index is 12.6. The Morgan fingerprint density at radius 1 is 1.17 bits per heavy atom. The second-order valence-electron chi connectivity index (χ2n) is 7.00. The topological polar surface area (TPSA) is 117 Å². The second kappa shape index (κ2) is 8.46. The van der Waals surface area contributed by atoms with Crippen molar-refractivity contribution in [1.82, 2.24) is 15.8 Å². The van der Waals surface area contributed by atoms with Gasteiger partial charge in [0.1, 0.15) is 0 Å². The number of hydrogen-bond donors (Lipinski definition) is 2. The molecule has 1 aliphatic heterocycles. The summed E-state index contributed by atoms with van der Waals surface area (Å²) in [7, 11) is 0. The van der Waals surface area contributed by atoms with Crippen molar-refractivity contribution < 1.29 is 14.5 Å². The summed E-state index contributed by atoms with van der Waals surface area (Å²) in [6.45, 7) is 1.34. The van der Waals surface area contributed by atoms with Crippen molar-refractivity contribution in [1.29, 1.82) is 0 Å². The van der Waals surface area contributed by atoms with Crippen LogP contribution in [-0.2, 0) is 4.79 Å². The van der Waals surface area contributed by atoms with Crippen molar-refractivity contribution in [3.63, 3.8) is 0 Å². The molecular weight excluding hydrogens is 406 g/mol. The zero-order valence-electron chi connectivity index (χ0n) is 15.9. The van der Waals surface area contributed by atoms with Gasteiger partial charge in [-0.3, -0.25) is 30.6 Å². The van der Waals surface area contributed by atoms with E-state index in [4.69, 9.17) is 0 Å². The van der Waals surface area contributed by atoms with Crippen LogP contribution in [0.5, 0.6) is 0 Å². The summed E-state index contributed by atoms with van der Waals surface area (Å²) in [6, 6.07) is 13.2. The van der Waals surface area contributed by atoms with Crippen LogP contribution in [0.4, 0.5) is 10.8 Å². The Kier molecular flexibility index (Phi) is 5.57. The third kappa shape index (κ3) is 4.23. The molecule has 1 aliphatic rings. The molecule has 0 aliphatic carbocycles. The number of thiazole rings is 1. The van der Waals surface area contributed by atoms with Gasteiger partial charge in [-0.25, -0.2) is 4.98 Å². The zero-order chi connectivity index (χ0) is 21.1. The Morgan fingerprint density at radius 2 is 2.00 bits per heavy atom. The number of anilines is 1. The maximum Gasteiger partial charge on any atom is 0.270 e. The lowest BCUT2D eigenvalue weighted by atomic mass is 9.98. The molecule has 1 saturated heterocycles. The average molecular weight is 425 g/mol. The van der Waals surface area contributed by atoms with Crippen molar-refractivity contribution >= 4 is 44.2 Å². The highest BCUT2D eigenvalue weighted by atomic mass is 32.1. The standard InChI is InChI=1S/C20H19N5O4S/c26-18(13-5-3-7-15(11-13)25(28)29)22-23-19(27)14-6-4-10-24(12-14)20-21-16-8-1-2-9-17(16)30-20/h1-3,5,7-9,11,14H,4,6,10,12H2,(H,22,26)(H,23,27). The Morgan fingerprint density at radius 3 is 2.80 bits per heavy atom. The zero-order valence-corrected chi connectivity index (χ0v) is 16.7. The Labute approximate surface area is 175 Å². The highest BCUT2D eigenvalue weighted by molar-refractivity contribution is 7.22. The Hall–Kier alpha value is -3.53. The molecule has 0 spiro atoms. The van der Waals surface area contributed by atoms with Gasteiger partial charge in [0, 0.05) is 30.8 Å². The molecule has 2 heterocycles. The normalized spacial score (nSPS) is 16.3. The van der Waals surface area contributed by atoms with Gasteiger partial charge in [-0.05, 0) is 31.0 Å². The van der Waals surface area contributed by atoms with E-state index >= 15 is 0 Å². The number of hydrazine groups is 1. The van der Waals surface area contributed by atoms with Gasteiger partial charge in [0.15, 0.2) is 5.13 Å². The van der Waals surface area contributed by atoms with Crippen LogP contribution in [-0.4, -0.2) is 34.8 Å². The number of nitro groups is 1. The summed E-state index contributed by atoms with van der Waals surface area (Å²) < 4.78 is 1.10. The van der Waals surface area contributed by atoms with Gasteiger partial charge in [-0.1, -0.05) is 29.5 Å². The first kappa shape index (κ1) is 19.8. The summed E-state index contributed by atoms with van der Waals surface area (Å²) in [5.41, 5.74) is 5.64. The van der Waals surface area contributed by atoms with Gasteiger partial charge in [0.25, 0.3) is 11.6 Å². The molecule has 3 aromatic rings. The molecule has 1 aromatic heterocycles. The van der Waals surface area contributed by atoms with Gasteiger partial charge in [-0.15, -0.1) is 0 Å². The van der Waals surface area contributed by atoms with Crippen LogP contribution in [0.2, 0.25) is 0 Å². The predicted octanol–water partition coefficient (Wildman–Crippen LogP) is 2.88. The van der Waals surface area contributed by atoms with Gasteiger partial charge in [0.05, 0.1) is 21.1 Å². The number of aromatic nitrogens is 1. The first-order valence-electron chi connectivity index (χ1n) is 9.46. The van der Waals surface area contributed by atoms with Crippen molar-refractivity contribution in [3.8, 4) is 0 Å². The van der Waals surface area contributed by atoms with E-state index < -0.39 is 10.8 Å². The number of para-hydroxylation sites is 1. The van der Waals surface area contributed by atoms with Crippen LogP contribution >= 0.6 is 11.3 Å². The molecule has 30 heavy (non-hydrogen) atoms. The molecule has 0 radical (unpaired) electrons. The number of nitrogens with one attached hydrogen (secondary N) is 2. The third-order valence-electron chi connectivity index (χ3n) is 4.96. The van der Waals surface area contributed by atoms with E-state index in [9.17, 15) is 19.7 Å². The summed E-state index contributed by atoms with van der Waals surface area (Å²) >= 11 is 1.60. The summed E-state index contributed by atoms with van der Waals surface area (Å²) in [4.78, 5) is 41.8. The first-order chi connectivity index (χ1) is 14.5. The smallest absolute Gasteiger partial charge is 0.270 e. The molecule has 4 rings (SSSR count). The number of benzene rings is 2. The lowest BCUT2D eigenvalue weighted by molar-refractivity contribution is -0.384. The van der Waals surface area contributed by atoms with E-state index in [0.29, 0.717) is 13.0 Å². The number of nitro benzene ring substituents is 1. The number of rotatable bonds is 4. The van der Waals surface area contributed by atoms with Crippen LogP contribution in [0.25, 0.3) is 10.2 Å². The van der Waals surface area contributed by atoms with Gasteiger partial charge in [-0.2, -0.15) is 0 Å². The van der Waals surface area contributed by atoms with Crippen molar-refractivity contribution in [2.24, 2.45) is 5.92 Å². The molecule has 1 atom stereocenters. The largest absolute Gasteiger partial charge is 0.347 e. The molecular formula is C20H19N5O4S. The van der Waals surface area contributed by atoms with E-state index in [2.05, 4.69) is 20.7 Å². The Balaban J connectivity index is 1.37. The minimum atomic E-state index is -0.606. The molecule has 9 nitrogen and oxygen atoms in total. The number of hydrogen-bond acceptors (Lipinski definition) is 7. The number of carbonyl (C=O) groups is 2. The van der Waals surface area contributed by atoms with Crippen molar-refractivity contribution in [3.05, 3.63) is 64.2 Å². The maximum absolute atomic E-state index is 12.6. The number of carbonyl (C=O) groups excluding carboxylic acids is 2. The Bertz CT molecular complexity index is 1080.